The Morgan fingerprint density at radius 3 is 2.42 bits per heavy atom. The third-order valence-corrected chi connectivity index (χ3v) is 5.23. The van der Waals surface area contributed by atoms with Crippen LogP contribution in [0.15, 0.2) is 66.7 Å². The maximum absolute atomic E-state index is 13.8. The largest absolute Gasteiger partial charge is 0.452 e. The highest BCUT2D eigenvalue weighted by Gasteiger charge is 2.21. The van der Waals surface area contributed by atoms with E-state index in [9.17, 15) is 18.4 Å². The van der Waals surface area contributed by atoms with Gasteiger partial charge in [-0.3, -0.25) is 4.79 Å². The number of esters is 1. The molecule has 4 aromatic rings. The number of aromatic nitrogens is 1. The zero-order valence-electron chi connectivity index (χ0n) is 17.4. The molecular formula is C25H17ClF2N2O3. The molecule has 0 aliphatic heterocycles. The van der Waals surface area contributed by atoms with Crippen molar-refractivity contribution in [3.63, 3.8) is 0 Å². The normalized spacial score (nSPS) is 10.8. The fourth-order valence-corrected chi connectivity index (χ4v) is 3.67. The third kappa shape index (κ3) is 4.68. The fraction of sp³-hybridized carbons (Fsp3) is 0.0800. The van der Waals surface area contributed by atoms with Crippen LogP contribution in [0.4, 0.5) is 14.5 Å². The van der Waals surface area contributed by atoms with E-state index in [0.717, 1.165) is 12.1 Å². The van der Waals surface area contributed by atoms with E-state index in [0.29, 0.717) is 32.7 Å². The number of carbonyl (C=O) groups excluding carboxylic acids is 2. The van der Waals surface area contributed by atoms with Gasteiger partial charge in [-0.15, -0.1) is 0 Å². The van der Waals surface area contributed by atoms with Gasteiger partial charge in [-0.05, 0) is 42.8 Å². The smallest absolute Gasteiger partial charge is 0.339 e. The summed E-state index contributed by atoms with van der Waals surface area (Å²) in [6.07, 6.45) is 0. The molecule has 0 fully saturated rings. The van der Waals surface area contributed by atoms with Crippen LogP contribution < -0.4 is 5.32 Å². The molecule has 0 aliphatic rings. The molecule has 1 N–H and O–H groups in total. The second-order valence-electron chi connectivity index (χ2n) is 7.21. The SMILES string of the molecule is Cc1c(-c2cccc(Cl)c2)nc2ccccc2c1C(=O)OCC(=O)Nc1c(F)cccc1F. The van der Waals surface area contributed by atoms with Crippen LogP contribution in [0.5, 0.6) is 0 Å². The predicted octanol–water partition coefficient (Wildman–Crippen LogP) is 5.94. The second-order valence-corrected chi connectivity index (χ2v) is 7.65. The number of para-hydroxylation sites is 2. The maximum atomic E-state index is 13.8. The van der Waals surface area contributed by atoms with Gasteiger partial charge in [0.15, 0.2) is 6.61 Å². The number of halogens is 3. The number of nitrogens with zero attached hydrogens (tertiary/aromatic N) is 1. The van der Waals surface area contributed by atoms with E-state index in [1.54, 1.807) is 49.4 Å². The van der Waals surface area contributed by atoms with Crippen molar-refractivity contribution in [3.05, 3.63) is 94.5 Å². The third-order valence-electron chi connectivity index (χ3n) is 5.00. The lowest BCUT2D eigenvalue weighted by Crippen LogP contribution is -2.22. The topological polar surface area (TPSA) is 68.3 Å². The quantitative estimate of drug-likeness (QED) is 0.370. The molecule has 0 saturated carbocycles. The molecule has 0 unspecified atom stereocenters. The molecule has 166 valence electrons. The van der Waals surface area contributed by atoms with Crippen LogP contribution in [0, 0.1) is 18.6 Å². The van der Waals surface area contributed by atoms with Gasteiger partial charge in [0, 0.05) is 16.0 Å². The number of pyridine rings is 1. The average Bonchev–Trinajstić information content (AvgIpc) is 2.79. The zero-order chi connectivity index (χ0) is 23.5. The Morgan fingerprint density at radius 1 is 1.00 bits per heavy atom. The summed E-state index contributed by atoms with van der Waals surface area (Å²) in [6.45, 7) is 0.996. The number of hydrogen-bond donors (Lipinski definition) is 1. The van der Waals surface area contributed by atoms with Crippen molar-refractivity contribution < 1.29 is 23.1 Å². The number of benzene rings is 3. The monoisotopic (exact) mass is 466 g/mol. The molecule has 1 heterocycles. The van der Waals surface area contributed by atoms with Crippen LogP contribution in [0.2, 0.25) is 5.02 Å². The highest BCUT2D eigenvalue weighted by molar-refractivity contribution is 6.30. The van der Waals surface area contributed by atoms with Crippen molar-refractivity contribution in [2.45, 2.75) is 6.92 Å². The van der Waals surface area contributed by atoms with Gasteiger partial charge in [-0.25, -0.2) is 18.6 Å². The Balaban J connectivity index is 1.64. The van der Waals surface area contributed by atoms with Crippen molar-refractivity contribution in [2.24, 2.45) is 0 Å². The van der Waals surface area contributed by atoms with Gasteiger partial charge in [0.25, 0.3) is 5.91 Å². The highest BCUT2D eigenvalue weighted by Crippen LogP contribution is 2.31. The van der Waals surface area contributed by atoms with Crippen LogP contribution >= 0.6 is 11.6 Å². The molecule has 0 aliphatic carbocycles. The number of fused-ring (bicyclic) bond motifs is 1. The summed E-state index contributed by atoms with van der Waals surface area (Å²) < 4.78 is 32.7. The number of amides is 1. The van der Waals surface area contributed by atoms with E-state index in [2.05, 4.69) is 10.3 Å². The Morgan fingerprint density at radius 2 is 1.70 bits per heavy atom. The van der Waals surface area contributed by atoms with Crippen LogP contribution in [0.25, 0.3) is 22.2 Å². The predicted molar refractivity (Wildman–Crippen MR) is 122 cm³/mol. The number of carbonyl (C=O) groups is 2. The van der Waals surface area contributed by atoms with Crippen LogP contribution in [0.3, 0.4) is 0 Å². The molecule has 0 radical (unpaired) electrons. The molecule has 33 heavy (non-hydrogen) atoms. The molecule has 0 atom stereocenters. The summed E-state index contributed by atoms with van der Waals surface area (Å²) in [5.74, 6) is -3.51. The summed E-state index contributed by atoms with van der Waals surface area (Å²) in [4.78, 5) is 29.9. The Bertz CT molecular complexity index is 1370. The maximum Gasteiger partial charge on any atom is 0.339 e. The van der Waals surface area contributed by atoms with Gasteiger partial charge < -0.3 is 10.1 Å². The highest BCUT2D eigenvalue weighted by atomic mass is 35.5. The van der Waals surface area contributed by atoms with Crippen molar-refractivity contribution >= 4 is 40.1 Å². The van der Waals surface area contributed by atoms with E-state index < -0.39 is 35.8 Å². The molecule has 4 rings (SSSR count). The minimum atomic E-state index is -0.934. The van der Waals surface area contributed by atoms with E-state index in [1.807, 2.05) is 6.07 Å². The summed E-state index contributed by atoms with van der Waals surface area (Å²) in [5, 5.41) is 3.15. The zero-order valence-corrected chi connectivity index (χ0v) is 18.1. The summed E-state index contributed by atoms with van der Waals surface area (Å²) >= 11 is 6.12. The van der Waals surface area contributed by atoms with Gasteiger partial charge in [0.1, 0.15) is 17.3 Å². The van der Waals surface area contributed by atoms with Gasteiger partial charge in [-0.2, -0.15) is 0 Å². The minimum absolute atomic E-state index is 0.237. The second kappa shape index (κ2) is 9.34. The van der Waals surface area contributed by atoms with Crippen LogP contribution in [-0.4, -0.2) is 23.5 Å². The van der Waals surface area contributed by atoms with E-state index in [1.165, 1.54) is 6.07 Å². The van der Waals surface area contributed by atoms with Crippen LogP contribution in [0.1, 0.15) is 15.9 Å². The molecular weight excluding hydrogens is 450 g/mol. The molecule has 3 aromatic carbocycles. The molecule has 8 heteroatoms. The van der Waals surface area contributed by atoms with Gasteiger partial charge in [-0.1, -0.05) is 48.0 Å². The van der Waals surface area contributed by atoms with Crippen molar-refractivity contribution in [2.75, 3.05) is 11.9 Å². The summed E-state index contributed by atoms with van der Waals surface area (Å²) in [5.41, 5.74) is 1.99. The number of anilines is 1. The first kappa shape index (κ1) is 22.4. The van der Waals surface area contributed by atoms with E-state index in [-0.39, 0.29) is 5.56 Å². The van der Waals surface area contributed by atoms with Crippen molar-refractivity contribution in [1.29, 1.82) is 0 Å². The Kier molecular flexibility index (Phi) is 6.33. The fourth-order valence-electron chi connectivity index (χ4n) is 3.48. The first-order chi connectivity index (χ1) is 15.8. The van der Waals surface area contributed by atoms with Crippen LogP contribution in [-0.2, 0) is 9.53 Å². The molecule has 1 aromatic heterocycles. The molecule has 0 spiro atoms. The van der Waals surface area contributed by atoms with E-state index >= 15 is 0 Å². The first-order valence-corrected chi connectivity index (χ1v) is 10.3. The lowest BCUT2D eigenvalue weighted by Gasteiger charge is -2.14. The average molecular weight is 467 g/mol. The summed E-state index contributed by atoms with van der Waals surface area (Å²) in [6, 6.07) is 17.3. The number of nitrogens with one attached hydrogen (secondary N) is 1. The van der Waals surface area contributed by atoms with E-state index in [4.69, 9.17) is 16.3 Å². The Labute approximate surface area is 193 Å². The minimum Gasteiger partial charge on any atom is -0.452 e. The van der Waals surface area contributed by atoms with Gasteiger partial charge in [0.2, 0.25) is 0 Å². The number of hydrogen-bond acceptors (Lipinski definition) is 4. The molecule has 0 saturated heterocycles. The standard InChI is InChI=1S/C25H17ClF2N2O3/c1-14-22(25(32)33-13-21(31)30-24-18(27)9-5-10-19(24)28)17-8-2-3-11-20(17)29-23(14)15-6-4-7-16(26)12-15/h2-12H,13H2,1H3,(H,30,31). The molecule has 0 bridgehead atoms. The lowest BCUT2D eigenvalue weighted by molar-refractivity contribution is -0.119. The number of rotatable bonds is 5. The van der Waals surface area contributed by atoms with Crippen molar-refractivity contribution in [3.8, 4) is 11.3 Å². The summed E-state index contributed by atoms with van der Waals surface area (Å²) in [7, 11) is 0. The lowest BCUT2D eigenvalue weighted by atomic mass is 9.98. The molecule has 5 nitrogen and oxygen atoms in total. The van der Waals surface area contributed by atoms with Gasteiger partial charge >= 0.3 is 5.97 Å². The first-order valence-electron chi connectivity index (χ1n) is 9.91. The van der Waals surface area contributed by atoms with Gasteiger partial charge in [0.05, 0.1) is 16.8 Å². The molecule has 1 amide bonds. The number of ether oxygens (including phenoxy) is 1. The van der Waals surface area contributed by atoms with Crippen molar-refractivity contribution in [1.82, 2.24) is 4.98 Å². The Hall–Kier alpha value is -3.84.